The second kappa shape index (κ2) is 11.3. The molecule has 8 heteroatoms. The molecule has 8 nitrogen and oxygen atoms in total. The van der Waals surface area contributed by atoms with Crippen molar-refractivity contribution in [1.82, 2.24) is 10.3 Å². The zero-order valence-electron chi connectivity index (χ0n) is 20.4. The molecule has 1 heterocycles. The molecule has 3 N–H and O–H groups in total. The van der Waals surface area contributed by atoms with Crippen molar-refractivity contribution < 1.29 is 19.1 Å². The number of rotatable bonds is 9. The van der Waals surface area contributed by atoms with Crippen LogP contribution < -0.4 is 25.4 Å². The van der Waals surface area contributed by atoms with E-state index in [0.29, 0.717) is 22.7 Å². The average Bonchev–Trinajstić information content (AvgIpc) is 2.92. The largest absolute Gasteiger partial charge is 0.493 e. The van der Waals surface area contributed by atoms with Crippen LogP contribution in [0.1, 0.15) is 26.3 Å². The number of carbonyl (C=O) groups excluding carboxylic acids is 2. The summed E-state index contributed by atoms with van der Waals surface area (Å²) in [7, 11) is 4.89. The SMILES string of the molecule is CNCCc1ccc(NC(=O)c2cc(OC)c(OC)cc2NC(=O)c2cnc3ccccc3c2)cc1. The fraction of sp³-hybridized carbons (Fsp3) is 0.179. The Morgan fingerprint density at radius 1 is 0.861 bits per heavy atom. The number of nitrogens with zero attached hydrogens (tertiary/aromatic N) is 1. The first-order valence-electron chi connectivity index (χ1n) is 11.5. The van der Waals surface area contributed by atoms with Gasteiger partial charge in [0, 0.05) is 23.3 Å². The Kier molecular flexibility index (Phi) is 7.77. The van der Waals surface area contributed by atoms with Gasteiger partial charge in [0.15, 0.2) is 11.5 Å². The molecule has 0 unspecified atom stereocenters. The fourth-order valence-electron chi connectivity index (χ4n) is 3.78. The third kappa shape index (κ3) is 5.61. The smallest absolute Gasteiger partial charge is 0.257 e. The summed E-state index contributed by atoms with van der Waals surface area (Å²) < 4.78 is 10.8. The second-order valence-corrected chi connectivity index (χ2v) is 8.13. The number of nitrogens with one attached hydrogen (secondary N) is 3. The molecule has 0 aliphatic rings. The van der Waals surface area contributed by atoms with Crippen molar-refractivity contribution in [3.8, 4) is 11.5 Å². The van der Waals surface area contributed by atoms with E-state index in [0.717, 1.165) is 29.4 Å². The van der Waals surface area contributed by atoms with Gasteiger partial charge in [-0.2, -0.15) is 0 Å². The van der Waals surface area contributed by atoms with Gasteiger partial charge in [-0.15, -0.1) is 0 Å². The van der Waals surface area contributed by atoms with Crippen LogP contribution in [0.5, 0.6) is 11.5 Å². The number of pyridine rings is 1. The first kappa shape index (κ1) is 24.7. The van der Waals surface area contributed by atoms with Gasteiger partial charge in [0.1, 0.15) is 0 Å². The van der Waals surface area contributed by atoms with Crippen molar-refractivity contribution in [2.24, 2.45) is 0 Å². The predicted molar refractivity (Wildman–Crippen MR) is 141 cm³/mol. The molecule has 1 aromatic heterocycles. The lowest BCUT2D eigenvalue weighted by molar-refractivity contribution is 0.102. The summed E-state index contributed by atoms with van der Waals surface area (Å²) in [5, 5.41) is 9.69. The summed E-state index contributed by atoms with van der Waals surface area (Å²) >= 11 is 0. The van der Waals surface area contributed by atoms with Gasteiger partial charge in [-0.25, -0.2) is 0 Å². The lowest BCUT2D eigenvalue weighted by Crippen LogP contribution is -2.19. The molecule has 0 saturated carbocycles. The molecule has 184 valence electrons. The van der Waals surface area contributed by atoms with Gasteiger partial charge in [-0.05, 0) is 55.9 Å². The highest BCUT2D eigenvalue weighted by atomic mass is 16.5. The van der Waals surface area contributed by atoms with Gasteiger partial charge < -0.3 is 25.4 Å². The molecule has 0 spiro atoms. The number of hydrogen-bond donors (Lipinski definition) is 3. The van der Waals surface area contributed by atoms with Gasteiger partial charge in [0.2, 0.25) is 0 Å². The summed E-state index contributed by atoms with van der Waals surface area (Å²) in [6.07, 6.45) is 2.40. The zero-order chi connectivity index (χ0) is 25.5. The van der Waals surface area contributed by atoms with Crippen molar-refractivity contribution in [2.45, 2.75) is 6.42 Å². The number of amides is 2. The Balaban J connectivity index is 1.61. The Morgan fingerprint density at radius 2 is 1.58 bits per heavy atom. The number of fused-ring (bicyclic) bond motifs is 1. The highest BCUT2D eigenvalue weighted by Crippen LogP contribution is 2.34. The number of ether oxygens (including phenoxy) is 2. The first-order chi connectivity index (χ1) is 17.5. The molecule has 0 saturated heterocycles. The number of carbonyl (C=O) groups is 2. The minimum absolute atomic E-state index is 0.231. The normalized spacial score (nSPS) is 10.6. The average molecular weight is 485 g/mol. The number of methoxy groups -OCH3 is 2. The van der Waals surface area contributed by atoms with E-state index in [1.165, 1.54) is 20.4 Å². The van der Waals surface area contributed by atoms with Crippen molar-refractivity contribution in [3.63, 3.8) is 0 Å². The molecule has 4 rings (SSSR count). The van der Waals surface area contributed by atoms with Crippen molar-refractivity contribution in [1.29, 1.82) is 0 Å². The van der Waals surface area contributed by atoms with Gasteiger partial charge in [0.05, 0.1) is 36.6 Å². The Labute approximate surface area is 209 Å². The summed E-state index contributed by atoms with van der Waals surface area (Å²) in [5.74, 6) is -0.0421. The van der Waals surface area contributed by atoms with Crippen LogP contribution >= 0.6 is 0 Å². The Bertz CT molecular complexity index is 1390. The van der Waals surface area contributed by atoms with E-state index < -0.39 is 11.8 Å². The lowest BCUT2D eigenvalue weighted by Gasteiger charge is -2.16. The Hall–Kier alpha value is -4.43. The van der Waals surface area contributed by atoms with Crippen LogP contribution in [0.3, 0.4) is 0 Å². The standard InChI is InChI=1S/C28H28N4O4/c1-29-13-12-18-8-10-21(11-9-18)31-28(34)22-15-25(35-2)26(36-3)16-24(22)32-27(33)20-14-19-6-4-5-7-23(19)30-17-20/h4-11,14-17,29H,12-13H2,1-3H3,(H,31,34)(H,32,33). The summed E-state index contributed by atoms with van der Waals surface area (Å²) in [6.45, 7) is 0.868. The predicted octanol–water partition coefficient (Wildman–Crippen LogP) is 4.52. The highest BCUT2D eigenvalue weighted by Gasteiger charge is 2.20. The van der Waals surface area contributed by atoms with Gasteiger partial charge in [0.25, 0.3) is 11.8 Å². The third-order valence-electron chi connectivity index (χ3n) is 5.74. The van der Waals surface area contributed by atoms with E-state index in [4.69, 9.17) is 9.47 Å². The summed E-state index contributed by atoms with van der Waals surface area (Å²) in [4.78, 5) is 30.7. The molecular formula is C28H28N4O4. The molecule has 0 bridgehead atoms. The molecular weight excluding hydrogens is 456 g/mol. The van der Waals surface area contributed by atoms with E-state index in [1.54, 1.807) is 18.2 Å². The van der Waals surface area contributed by atoms with Crippen LogP contribution in [-0.4, -0.2) is 44.6 Å². The zero-order valence-corrected chi connectivity index (χ0v) is 20.4. The molecule has 0 radical (unpaired) electrons. The lowest BCUT2D eigenvalue weighted by atomic mass is 10.1. The van der Waals surface area contributed by atoms with Crippen LogP contribution in [0.15, 0.2) is 72.9 Å². The highest BCUT2D eigenvalue weighted by molar-refractivity contribution is 6.13. The molecule has 0 atom stereocenters. The van der Waals surface area contributed by atoms with Gasteiger partial charge in [-0.3, -0.25) is 14.6 Å². The molecule has 36 heavy (non-hydrogen) atoms. The minimum Gasteiger partial charge on any atom is -0.493 e. The minimum atomic E-state index is -0.400. The van der Waals surface area contributed by atoms with E-state index in [-0.39, 0.29) is 11.3 Å². The molecule has 0 aliphatic heterocycles. The monoisotopic (exact) mass is 484 g/mol. The van der Waals surface area contributed by atoms with Crippen LogP contribution in [0.4, 0.5) is 11.4 Å². The summed E-state index contributed by atoms with van der Waals surface area (Å²) in [5.41, 5.74) is 3.47. The number of para-hydroxylation sites is 1. The van der Waals surface area contributed by atoms with Crippen LogP contribution in [0, 0.1) is 0 Å². The maximum absolute atomic E-state index is 13.3. The van der Waals surface area contributed by atoms with E-state index >= 15 is 0 Å². The molecule has 0 fully saturated rings. The molecule has 2 amide bonds. The Morgan fingerprint density at radius 3 is 2.31 bits per heavy atom. The van der Waals surface area contributed by atoms with Crippen LogP contribution in [0.2, 0.25) is 0 Å². The first-order valence-corrected chi connectivity index (χ1v) is 11.5. The summed E-state index contributed by atoms with van der Waals surface area (Å²) in [6, 6.07) is 20.0. The van der Waals surface area contributed by atoms with Gasteiger partial charge in [-0.1, -0.05) is 30.3 Å². The fourth-order valence-corrected chi connectivity index (χ4v) is 3.78. The maximum atomic E-state index is 13.3. The van der Waals surface area contributed by atoms with Gasteiger partial charge >= 0.3 is 0 Å². The van der Waals surface area contributed by atoms with Crippen LogP contribution in [0.25, 0.3) is 10.9 Å². The quantitative estimate of drug-likeness (QED) is 0.323. The van der Waals surface area contributed by atoms with Crippen molar-refractivity contribution in [3.05, 3.63) is 89.6 Å². The maximum Gasteiger partial charge on any atom is 0.257 e. The second-order valence-electron chi connectivity index (χ2n) is 8.13. The third-order valence-corrected chi connectivity index (χ3v) is 5.74. The number of hydrogen-bond acceptors (Lipinski definition) is 6. The number of benzene rings is 3. The topological polar surface area (TPSA) is 102 Å². The van der Waals surface area contributed by atoms with Crippen molar-refractivity contribution >= 4 is 34.1 Å². The number of aromatic nitrogens is 1. The van der Waals surface area contributed by atoms with E-state index in [2.05, 4.69) is 20.9 Å². The van der Waals surface area contributed by atoms with Crippen LogP contribution in [-0.2, 0) is 6.42 Å². The molecule has 0 aliphatic carbocycles. The molecule has 3 aromatic carbocycles. The number of anilines is 2. The number of likely N-dealkylation sites (N-methyl/N-ethyl adjacent to an activating group) is 1. The van der Waals surface area contributed by atoms with E-state index in [9.17, 15) is 9.59 Å². The van der Waals surface area contributed by atoms with E-state index in [1.807, 2.05) is 55.6 Å². The molecule has 4 aromatic rings. The van der Waals surface area contributed by atoms with Crippen molar-refractivity contribution in [2.75, 3.05) is 38.4 Å².